The molecule has 1 fully saturated rings. The van der Waals surface area contributed by atoms with Crippen molar-refractivity contribution in [1.82, 2.24) is 4.31 Å². The van der Waals surface area contributed by atoms with Crippen LogP contribution in [0.2, 0.25) is 0 Å². The molecule has 1 aromatic heterocycles. The van der Waals surface area contributed by atoms with Crippen LogP contribution in [-0.2, 0) is 14.8 Å². The van der Waals surface area contributed by atoms with Crippen molar-refractivity contribution in [2.75, 3.05) is 6.54 Å². The van der Waals surface area contributed by atoms with Crippen molar-refractivity contribution in [2.45, 2.75) is 36.4 Å². The van der Waals surface area contributed by atoms with Gasteiger partial charge in [-0.1, -0.05) is 13.3 Å². The van der Waals surface area contributed by atoms with Crippen molar-refractivity contribution in [2.24, 2.45) is 5.92 Å². The van der Waals surface area contributed by atoms with E-state index in [1.54, 1.807) is 11.4 Å². The zero-order valence-electron chi connectivity index (χ0n) is 11.0. The van der Waals surface area contributed by atoms with Gasteiger partial charge in [0.05, 0.1) is 0 Å². The molecule has 0 saturated carbocycles. The summed E-state index contributed by atoms with van der Waals surface area (Å²) in [5.74, 6) is -0.797. The second kappa shape index (κ2) is 6.13. The minimum atomic E-state index is -3.75. The fourth-order valence-corrected chi connectivity index (χ4v) is 6.50. The van der Waals surface area contributed by atoms with E-state index >= 15 is 0 Å². The van der Waals surface area contributed by atoms with Gasteiger partial charge >= 0.3 is 5.97 Å². The Morgan fingerprint density at radius 2 is 2.30 bits per heavy atom. The summed E-state index contributed by atoms with van der Waals surface area (Å²) < 4.78 is 27.1. The van der Waals surface area contributed by atoms with Gasteiger partial charge in [-0.25, -0.2) is 8.42 Å². The number of thiophene rings is 1. The van der Waals surface area contributed by atoms with Crippen LogP contribution < -0.4 is 0 Å². The minimum absolute atomic E-state index is 0.179. The zero-order chi connectivity index (χ0) is 14.9. The van der Waals surface area contributed by atoms with Crippen molar-refractivity contribution in [3.63, 3.8) is 0 Å². The minimum Gasteiger partial charge on any atom is -0.480 e. The third kappa shape index (κ3) is 2.93. The van der Waals surface area contributed by atoms with Gasteiger partial charge in [-0.2, -0.15) is 4.31 Å². The van der Waals surface area contributed by atoms with Crippen LogP contribution >= 0.6 is 27.3 Å². The fourth-order valence-electron chi connectivity index (χ4n) is 2.47. The Morgan fingerprint density at radius 3 is 2.80 bits per heavy atom. The monoisotopic (exact) mass is 381 g/mol. The number of piperidine rings is 1. The van der Waals surface area contributed by atoms with Gasteiger partial charge < -0.3 is 5.11 Å². The lowest BCUT2D eigenvalue weighted by Gasteiger charge is -2.35. The molecule has 2 heterocycles. The van der Waals surface area contributed by atoms with Gasteiger partial charge in [0.1, 0.15) is 10.3 Å². The van der Waals surface area contributed by atoms with E-state index in [4.69, 9.17) is 0 Å². The van der Waals surface area contributed by atoms with Crippen molar-refractivity contribution >= 4 is 43.3 Å². The highest BCUT2D eigenvalue weighted by atomic mass is 79.9. The highest BCUT2D eigenvalue weighted by Crippen LogP contribution is 2.35. The molecule has 1 aliphatic rings. The van der Waals surface area contributed by atoms with Crippen molar-refractivity contribution < 1.29 is 18.3 Å². The van der Waals surface area contributed by atoms with Crippen LogP contribution in [-0.4, -0.2) is 36.4 Å². The van der Waals surface area contributed by atoms with E-state index in [9.17, 15) is 18.3 Å². The van der Waals surface area contributed by atoms with Gasteiger partial charge in [0.2, 0.25) is 0 Å². The molecule has 8 heteroatoms. The van der Waals surface area contributed by atoms with E-state index in [0.717, 1.165) is 22.1 Å². The number of rotatable bonds is 4. The van der Waals surface area contributed by atoms with Crippen molar-refractivity contribution in [3.8, 4) is 0 Å². The second-order valence-electron chi connectivity index (χ2n) is 4.82. The van der Waals surface area contributed by atoms with Crippen LogP contribution in [0.3, 0.4) is 0 Å². The van der Waals surface area contributed by atoms with Crippen LogP contribution in [0.1, 0.15) is 26.2 Å². The Kier molecular flexibility index (Phi) is 4.88. The molecule has 1 aromatic rings. The smallest absolute Gasteiger partial charge is 0.322 e. The first kappa shape index (κ1) is 15.9. The first-order valence-electron chi connectivity index (χ1n) is 6.35. The highest BCUT2D eigenvalue weighted by molar-refractivity contribution is 9.10. The lowest BCUT2D eigenvalue weighted by atomic mass is 9.90. The van der Waals surface area contributed by atoms with Crippen molar-refractivity contribution in [1.29, 1.82) is 0 Å². The molecule has 1 aliphatic heterocycles. The molecule has 0 spiro atoms. The Morgan fingerprint density at radius 1 is 1.60 bits per heavy atom. The summed E-state index contributed by atoms with van der Waals surface area (Å²) in [4.78, 5) is 11.4. The summed E-state index contributed by atoms with van der Waals surface area (Å²) in [6.45, 7) is 2.27. The van der Waals surface area contributed by atoms with E-state index in [0.29, 0.717) is 17.3 Å². The molecule has 1 saturated heterocycles. The van der Waals surface area contributed by atoms with E-state index < -0.39 is 22.0 Å². The predicted octanol–water partition coefficient (Wildman–Crippen LogP) is 2.77. The summed E-state index contributed by atoms with van der Waals surface area (Å²) in [7, 11) is -3.75. The van der Waals surface area contributed by atoms with Crippen LogP contribution in [0.15, 0.2) is 20.1 Å². The maximum absolute atomic E-state index is 12.6. The number of carboxylic acids is 1. The average Bonchev–Trinajstić information content (AvgIpc) is 2.84. The standard InChI is InChI=1S/C12H16BrNO4S2/c1-2-8-3-5-14(10(7-8)11(15)16)20(17,18)12-9(13)4-6-19-12/h4,6,8,10H,2-3,5,7H2,1H3,(H,15,16). The van der Waals surface area contributed by atoms with Gasteiger partial charge in [-0.15, -0.1) is 11.3 Å². The summed E-state index contributed by atoms with van der Waals surface area (Å²) in [5.41, 5.74) is 0. The summed E-state index contributed by atoms with van der Waals surface area (Å²) in [5, 5.41) is 11.0. The Bertz CT molecular complexity index is 598. The molecule has 2 rings (SSSR count). The highest BCUT2D eigenvalue weighted by Gasteiger charge is 2.41. The van der Waals surface area contributed by atoms with E-state index in [2.05, 4.69) is 15.9 Å². The molecular formula is C12H16BrNO4S2. The summed E-state index contributed by atoms with van der Waals surface area (Å²) in [6, 6.07) is 0.694. The number of aliphatic carboxylic acids is 1. The van der Waals surface area contributed by atoms with E-state index in [1.165, 1.54) is 0 Å². The van der Waals surface area contributed by atoms with Gasteiger partial charge in [0.25, 0.3) is 10.0 Å². The number of sulfonamides is 1. The maximum atomic E-state index is 12.6. The summed E-state index contributed by atoms with van der Waals surface area (Å²) >= 11 is 4.31. The number of carboxylic acid groups (broad SMARTS) is 1. The summed E-state index contributed by atoms with van der Waals surface area (Å²) in [6.07, 6.45) is 1.97. The topological polar surface area (TPSA) is 74.7 Å². The Hall–Kier alpha value is -0.440. The molecule has 0 amide bonds. The van der Waals surface area contributed by atoms with E-state index in [1.807, 2.05) is 6.92 Å². The molecule has 5 nitrogen and oxygen atoms in total. The fraction of sp³-hybridized carbons (Fsp3) is 0.583. The SMILES string of the molecule is CCC1CCN(S(=O)(=O)c2sccc2Br)C(C(=O)O)C1. The van der Waals surface area contributed by atoms with Gasteiger partial charge in [-0.3, -0.25) is 4.79 Å². The number of hydrogen-bond donors (Lipinski definition) is 1. The first-order valence-corrected chi connectivity index (χ1v) is 9.46. The third-order valence-corrected chi connectivity index (χ3v) is 8.21. The largest absolute Gasteiger partial charge is 0.480 e. The van der Waals surface area contributed by atoms with Gasteiger partial charge in [0, 0.05) is 11.0 Å². The average molecular weight is 382 g/mol. The van der Waals surface area contributed by atoms with E-state index in [-0.39, 0.29) is 16.7 Å². The molecule has 0 bridgehead atoms. The normalized spacial score (nSPS) is 24.7. The Balaban J connectivity index is 2.35. The zero-order valence-corrected chi connectivity index (χ0v) is 14.2. The van der Waals surface area contributed by atoms with Crippen LogP contribution in [0, 0.1) is 5.92 Å². The number of carbonyl (C=O) groups is 1. The quantitative estimate of drug-likeness (QED) is 0.869. The van der Waals surface area contributed by atoms with Crippen LogP contribution in [0.5, 0.6) is 0 Å². The number of hydrogen-bond acceptors (Lipinski definition) is 4. The van der Waals surface area contributed by atoms with Gasteiger partial charge in [0.15, 0.2) is 0 Å². The lowest BCUT2D eigenvalue weighted by molar-refractivity contribution is -0.143. The molecule has 1 N–H and O–H groups in total. The third-order valence-electron chi connectivity index (χ3n) is 3.65. The molecule has 0 radical (unpaired) electrons. The lowest BCUT2D eigenvalue weighted by Crippen LogP contribution is -2.49. The van der Waals surface area contributed by atoms with Gasteiger partial charge in [-0.05, 0) is 46.1 Å². The maximum Gasteiger partial charge on any atom is 0.322 e. The van der Waals surface area contributed by atoms with Crippen LogP contribution in [0.25, 0.3) is 0 Å². The number of halogens is 1. The molecule has 2 unspecified atom stereocenters. The second-order valence-corrected chi connectivity index (χ2v) is 8.68. The van der Waals surface area contributed by atoms with Crippen LogP contribution in [0.4, 0.5) is 0 Å². The molecule has 20 heavy (non-hydrogen) atoms. The molecule has 2 atom stereocenters. The first-order chi connectivity index (χ1) is 9.37. The van der Waals surface area contributed by atoms with Crippen molar-refractivity contribution in [3.05, 3.63) is 15.9 Å². The molecule has 112 valence electrons. The number of nitrogens with zero attached hydrogens (tertiary/aromatic N) is 1. The molecule has 0 aliphatic carbocycles. The molecular weight excluding hydrogens is 366 g/mol. The predicted molar refractivity (Wildman–Crippen MR) is 80.3 cm³/mol. The Labute approximate surface area is 130 Å². The molecule has 0 aromatic carbocycles.